The lowest BCUT2D eigenvalue weighted by Crippen LogP contribution is -2.17. The molecule has 19 heavy (non-hydrogen) atoms. The highest BCUT2D eigenvalue weighted by Gasteiger charge is 2.22. The summed E-state index contributed by atoms with van der Waals surface area (Å²) in [7, 11) is -2.24. The fourth-order valence-electron chi connectivity index (χ4n) is 1.61. The third kappa shape index (κ3) is 2.93. The largest absolute Gasteiger partial charge is 0.280 e. The standard InChI is InChI=1S/C11H11BrClN3O2S/c1-7-5-8(3-4-9(7)12)15-19(17,18)11-10(13)6-14-16(11)2/h3-6,15H,1-2H3. The molecule has 0 radical (unpaired) electrons. The van der Waals surface area contributed by atoms with Gasteiger partial charge in [-0.1, -0.05) is 27.5 Å². The number of aromatic nitrogens is 2. The minimum Gasteiger partial charge on any atom is -0.278 e. The van der Waals surface area contributed by atoms with Crippen LogP contribution >= 0.6 is 27.5 Å². The van der Waals surface area contributed by atoms with E-state index in [0.29, 0.717) is 5.69 Å². The number of sulfonamides is 1. The summed E-state index contributed by atoms with van der Waals surface area (Å²) >= 11 is 9.20. The van der Waals surface area contributed by atoms with E-state index in [0.717, 1.165) is 10.0 Å². The first kappa shape index (κ1) is 14.4. The Morgan fingerprint density at radius 1 is 1.42 bits per heavy atom. The van der Waals surface area contributed by atoms with Gasteiger partial charge in [0.15, 0.2) is 5.03 Å². The van der Waals surface area contributed by atoms with Crippen molar-refractivity contribution < 1.29 is 8.42 Å². The molecule has 8 heteroatoms. The molecule has 1 heterocycles. The molecule has 0 amide bonds. The van der Waals surface area contributed by atoms with Gasteiger partial charge >= 0.3 is 0 Å². The van der Waals surface area contributed by atoms with Crippen molar-refractivity contribution in [3.63, 3.8) is 0 Å². The van der Waals surface area contributed by atoms with E-state index in [2.05, 4.69) is 25.8 Å². The zero-order valence-corrected chi connectivity index (χ0v) is 13.3. The second kappa shape index (κ2) is 5.15. The Bertz CT molecular complexity index is 708. The number of rotatable bonds is 3. The first-order valence-electron chi connectivity index (χ1n) is 5.28. The Kier molecular flexibility index (Phi) is 3.89. The molecule has 0 spiro atoms. The van der Waals surface area contributed by atoms with E-state index in [9.17, 15) is 8.42 Å². The van der Waals surface area contributed by atoms with E-state index in [4.69, 9.17) is 11.6 Å². The normalized spacial score (nSPS) is 11.6. The van der Waals surface area contributed by atoms with Gasteiger partial charge in [0.2, 0.25) is 0 Å². The molecule has 1 N–H and O–H groups in total. The van der Waals surface area contributed by atoms with Gasteiger partial charge in [0.25, 0.3) is 10.0 Å². The van der Waals surface area contributed by atoms with Crippen molar-refractivity contribution in [2.45, 2.75) is 11.9 Å². The number of nitrogens with one attached hydrogen (secondary N) is 1. The van der Waals surface area contributed by atoms with Crippen LogP contribution in [0.15, 0.2) is 33.9 Å². The van der Waals surface area contributed by atoms with E-state index < -0.39 is 10.0 Å². The first-order valence-corrected chi connectivity index (χ1v) is 7.93. The molecule has 1 aromatic heterocycles. The van der Waals surface area contributed by atoms with Gasteiger partial charge in [-0.15, -0.1) is 0 Å². The van der Waals surface area contributed by atoms with Gasteiger partial charge in [-0.25, -0.2) is 0 Å². The minimum atomic E-state index is -3.76. The molecule has 0 saturated heterocycles. The number of hydrogen-bond donors (Lipinski definition) is 1. The fraction of sp³-hybridized carbons (Fsp3) is 0.182. The SMILES string of the molecule is Cc1cc(NS(=O)(=O)c2c(Cl)cnn2C)ccc1Br. The highest BCUT2D eigenvalue weighted by molar-refractivity contribution is 9.10. The van der Waals surface area contributed by atoms with E-state index in [1.54, 1.807) is 18.2 Å². The Morgan fingerprint density at radius 2 is 2.11 bits per heavy atom. The van der Waals surface area contributed by atoms with Gasteiger partial charge in [0, 0.05) is 17.2 Å². The van der Waals surface area contributed by atoms with Crippen molar-refractivity contribution in [1.82, 2.24) is 9.78 Å². The van der Waals surface area contributed by atoms with Crippen molar-refractivity contribution in [3.8, 4) is 0 Å². The van der Waals surface area contributed by atoms with Gasteiger partial charge in [-0.3, -0.25) is 9.40 Å². The van der Waals surface area contributed by atoms with Crippen LogP contribution in [-0.2, 0) is 17.1 Å². The van der Waals surface area contributed by atoms with E-state index in [1.165, 1.54) is 17.9 Å². The molecule has 5 nitrogen and oxygen atoms in total. The van der Waals surface area contributed by atoms with Gasteiger partial charge in [-0.05, 0) is 30.7 Å². The summed E-state index contributed by atoms with van der Waals surface area (Å²) in [6, 6.07) is 5.17. The zero-order valence-electron chi connectivity index (χ0n) is 10.2. The molecule has 0 saturated carbocycles. The molecule has 0 atom stereocenters. The average Bonchev–Trinajstić information content (AvgIpc) is 2.64. The zero-order chi connectivity index (χ0) is 14.2. The summed E-state index contributed by atoms with van der Waals surface area (Å²) in [6.07, 6.45) is 1.29. The second-order valence-electron chi connectivity index (χ2n) is 3.99. The predicted molar refractivity (Wildman–Crippen MR) is 77.9 cm³/mol. The average molecular weight is 365 g/mol. The number of halogens is 2. The van der Waals surface area contributed by atoms with Gasteiger partial charge in [0.1, 0.15) is 0 Å². The van der Waals surface area contributed by atoms with Crippen molar-refractivity contribution in [2.24, 2.45) is 7.05 Å². The molecule has 0 aliphatic carbocycles. The predicted octanol–water partition coefficient (Wildman–Crippen LogP) is 2.95. The lowest BCUT2D eigenvalue weighted by Gasteiger charge is -2.09. The minimum absolute atomic E-state index is 0.0604. The van der Waals surface area contributed by atoms with Crippen LogP contribution in [0.5, 0.6) is 0 Å². The summed E-state index contributed by atoms with van der Waals surface area (Å²) in [4.78, 5) is 0. The highest BCUT2D eigenvalue weighted by atomic mass is 79.9. The molecule has 0 aliphatic heterocycles. The van der Waals surface area contributed by atoms with Crippen LogP contribution in [0.3, 0.4) is 0 Å². The second-order valence-corrected chi connectivity index (χ2v) is 6.85. The molecule has 0 fully saturated rings. The van der Waals surface area contributed by atoms with Crippen LogP contribution in [-0.4, -0.2) is 18.2 Å². The van der Waals surface area contributed by atoms with Crippen LogP contribution < -0.4 is 4.72 Å². The monoisotopic (exact) mass is 363 g/mol. The summed E-state index contributed by atoms with van der Waals surface area (Å²) < 4.78 is 29.1. The molecule has 0 bridgehead atoms. The molecule has 0 unspecified atom stereocenters. The molecule has 0 aliphatic rings. The van der Waals surface area contributed by atoms with Crippen molar-refractivity contribution in [1.29, 1.82) is 0 Å². The molecule has 2 rings (SSSR count). The van der Waals surface area contributed by atoms with Crippen molar-refractivity contribution in [3.05, 3.63) is 39.5 Å². The Labute approximate surface area is 124 Å². The molecule has 2 aromatic rings. The smallest absolute Gasteiger partial charge is 0.278 e. The topological polar surface area (TPSA) is 64.0 Å². The Morgan fingerprint density at radius 3 is 2.63 bits per heavy atom. The number of anilines is 1. The van der Waals surface area contributed by atoms with E-state index >= 15 is 0 Å². The third-order valence-electron chi connectivity index (χ3n) is 2.51. The third-order valence-corrected chi connectivity index (χ3v) is 5.28. The van der Waals surface area contributed by atoms with Crippen molar-refractivity contribution >= 4 is 43.2 Å². The molecular formula is C11H11BrClN3O2S. The Hall–Kier alpha value is -1.05. The lowest BCUT2D eigenvalue weighted by atomic mass is 10.2. The molecular weight excluding hydrogens is 354 g/mol. The quantitative estimate of drug-likeness (QED) is 0.910. The van der Waals surface area contributed by atoms with Crippen LogP contribution in [0, 0.1) is 6.92 Å². The fourth-order valence-corrected chi connectivity index (χ4v) is 3.57. The van der Waals surface area contributed by atoms with Crippen molar-refractivity contribution in [2.75, 3.05) is 4.72 Å². The lowest BCUT2D eigenvalue weighted by molar-refractivity contribution is 0.582. The first-order chi connectivity index (χ1) is 8.81. The Balaban J connectivity index is 2.39. The van der Waals surface area contributed by atoms with E-state index in [-0.39, 0.29) is 10.0 Å². The van der Waals surface area contributed by atoms with Crippen LogP contribution in [0.2, 0.25) is 5.02 Å². The number of benzene rings is 1. The molecule has 1 aromatic carbocycles. The van der Waals surface area contributed by atoms with Gasteiger partial charge in [-0.2, -0.15) is 13.5 Å². The highest BCUT2D eigenvalue weighted by Crippen LogP contribution is 2.25. The molecule has 102 valence electrons. The maximum atomic E-state index is 12.2. The number of hydrogen-bond acceptors (Lipinski definition) is 3. The number of nitrogens with zero attached hydrogens (tertiary/aromatic N) is 2. The maximum Gasteiger partial charge on any atom is 0.280 e. The summed E-state index contributed by atoms with van der Waals surface area (Å²) in [5.41, 5.74) is 1.40. The van der Waals surface area contributed by atoms with Gasteiger partial charge in [0.05, 0.1) is 11.2 Å². The van der Waals surface area contributed by atoms with Crippen LogP contribution in [0.1, 0.15) is 5.56 Å². The summed E-state index contributed by atoms with van der Waals surface area (Å²) in [5.74, 6) is 0. The maximum absolute atomic E-state index is 12.2. The summed E-state index contributed by atoms with van der Waals surface area (Å²) in [6.45, 7) is 1.87. The summed E-state index contributed by atoms with van der Waals surface area (Å²) in [5, 5.41) is 3.84. The van der Waals surface area contributed by atoms with E-state index in [1.807, 2.05) is 6.92 Å². The number of aryl methyl sites for hydroxylation is 2. The van der Waals surface area contributed by atoms with Crippen LogP contribution in [0.4, 0.5) is 5.69 Å². The van der Waals surface area contributed by atoms with Gasteiger partial charge < -0.3 is 0 Å². The van der Waals surface area contributed by atoms with Crippen LogP contribution in [0.25, 0.3) is 0 Å².